The van der Waals surface area contributed by atoms with E-state index in [4.69, 9.17) is 15.2 Å². The molecule has 1 aromatic rings. The summed E-state index contributed by atoms with van der Waals surface area (Å²) in [5.41, 5.74) is 5.05. The van der Waals surface area contributed by atoms with Gasteiger partial charge >= 0.3 is 12.0 Å². The van der Waals surface area contributed by atoms with Gasteiger partial charge in [-0.05, 0) is 30.7 Å². The molecule has 3 N–H and O–H groups in total. The van der Waals surface area contributed by atoms with Gasteiger partial charge in [-0.2, -0.15) is 0 Å². The Morgan fingerprint density at radius 2 is 1.82 bits per heavy atom. The molecule has 1 rings (SSSR count). The van der Waals surface area contributed by atoms with Crippen molar-refractivity contribution >= 4 is 17.9 Å². The van der Waals surface area contributed by atoms with Crippen LogP contribution in [0.15, 0.2) is 24.3 Å². The van der Waals surface area contributed by atoms with Crippen molar-refractivity contribution in [3.05, 3.63) is 29.8 Å². The lowest BCUT2D eigenvalue weighted by Gasteiger charge is -2.07. The average molecular weight is 308 g/mol. The summed E-state index contributed by atoms with van der Waals surface area (Å²) in [6, 6.07) is 5.41. The quantitative estimate of drug-likeness (QED) is 0.560. The van der Waals surface area contributed by atoms with E-state index in [1.807, 2.05) is 0 Å². The Morgan fingerprint density at radius 1 is 1.14 bits per heavy atom. The van der Waals surface area contributed by atoms with E-state index in [-0.39, 0.29) is 5.56 Å². The van der Waals surface area contributed by atoms with Gasteiger partial charge in [0.1, 0.15) is 5.75 Å². The molecule has 0 saturated heterocycles. The number of esters is 1. The molecule has 0 aromatic heterocycles. The van der Waals surface area contributed by atoms with Crippen molar-refractivity contribution in [1.82, 2.24) is 5.32 Å². The second-order valence-electron chi connectivity index (χ2n) is 4.57. The van der Waals surface area contributed by atoms with Crippen LogP contribution in [-0.2, 0) is 9.53 Å². The van der Waals surface area contributed by atoms with Crippen LogP contribution in [0.3, 0.4) is 0 Å². The van der Waals surface area contributed by atoms with Crippen LogP contribution in [0.4, 0.5) is 4.79 Å². The summed E-state index contributed by atoms with van der Waals surface area (Å²) in [5.74, 6) is -0.784. The van der Waals surface area contributed by atoms with Gasteiger partial charge in [0, 0.05) is 0 Å². The molecule has 0 spiro atoms. The van der Waals surface area contributed by atoms with E-state index in [1.54, 1.807) is 29.6 Å². The number of benzene rings is 1. The number of carbonyl (C=O) groups is 3. The maximum absolute atomic E-state index is 11.7. The maximum atomic E-state index is 11.7. The lowest BCUT2D eigenvalue weighted by molar-refractivity contribution is -0.123. The van der Waals surface area contributed by atoms with Gasteiger partial charge in [-0.1, -0.05) is 19.8 Å². The zero-order valence-electron chi connectivity index (χ0n) is 12.5. The van der Waals surface area contributed by atoms with E-state index >= 15 is 0 Å². The Balaban J connectivity index is 2.40. The molecule has 0 heterocycles. The lowest BCUT2D eigenvalue weighted by Crippen LogP contribution is -2.37. The summed E-state index contributed by atoms with van der Waals surface area (Å²) in [5, 5.41) is 1.79. The number of primary amides is 1. The molecule has 0 aliphatic carbocycles. The van der Waals surface area contributed by atoms with Crippen molar-refractivity contribution in [3.63, 3.8) is 0 Å². The molecule has 22 heavy (non-hydrogen) atoms. The van der Waals surface area contributed by atoms with E-state index in [2.05, 4.69) is 6.92 Å². The lowest BCUT2D eigenvalue weighted by atomic mass is 10.2. The molecule has 0 saturated carbocycles. The number of amides is 3. The SMILES string of the molecule is CCCCCOc1ccc(C(=O)OCC(=O)NC(N)=O)cc1. The smallest absolute Gasteiger partial charge is 0.338 e. The summed E-state index contributed by atoms with van der Waals surface area (Å²) in [6.45, 7) is 2.17. The van der Waals surface area contributed by atoms with Crippen molar-refractivity contribution < 1.29 is 23.9 Å². The van der Waals surface area contributed by atoms with E-state index in [0.717, 1.165) is 19.3 Å². The Labute approximate surface area is 128 Å². The van der Waals surface area contributed by atoms with Crippen LogP contribution in [0.25, 0.3) is 0 Å². The number of carbonyl (C=O) groups excluding carboxylic acids is 3. The second-order valence-corrected chi connectivity index (χ2v) is 4.57. The molecule has 0 aliphatic rings. The fraction of sp³-hybridized carbons (Fsp3) is 0.400. The molecular formula is C15H20N2O5. The predicted molar refractivity (Wildman–Crippen MR) is 79.5 cm³/mol. The highest BCUT2D eigenvalue weighted by Crippen LogP contribution is 2.13. The first-order valence-corrected chi connectivity index (χ1v) is 7.02. The number of imide groups is 1. The second kappa shape index (κ2) is 9.38. The van der Waals surface area contributed by atoms with Crippen LogP contribution < -0.4 is 15.8 Å². The van der Waals surface area contributed by atoms with Gasteiger partial charge in [-0.15, -0.1) is 0 Å². The summed E-state index contributed by atoms with van der Waals surface area (Å²) >= 11 is 0. The molecule has 120 valence electrons. The minimum Gasteiger partial charge on any atom is -0.494 e. The Morgan fingerprint density at radius 3 is 2.41 bits per heavy atom. The third kappa shape index (κ3) is 6.74. The van der Waals surface area contributed by atoms with Crippen LogP contribution >= 0.6 is 0 Å². The van der Waals surface area contributed by atoms with Crippen molar-refractivity contribution in [2.75, 3.05) is 13.2 Å². The Hall–Kier alpha value is -2.57. The van der Waals surface area contributed by atoms with Crippen LogP contribution in [0, 0.1) is 0 Å². The zero-order valence-corrected chi connectivity index (χ0v) is 12.5. The van der Waals surface area contributed by atoms with E-state index in [0.29, 0.717) is 12.4 Å². The highest BCUT2D eigenvalue weighted by Gasteiger charge is 2.11. The maximum Gasteiger partial charge on any atom is 0.338 e. The summed E-state index contributed by atoms with van der Waals surface area (Å²) < 4.78 is 10.3. The number of unbranched alkanes of at least 4 members (excludes halogenated alkanes) is 2. The highest BCUT2D eigenvalue weighted by molar-refractivity contribution is 5.96. The van der Waals surface area contributed by atoms with Gasteiger partial charge in [-0.3, -0.25) is 10.1 Å². The summed E-state index contributed by atoms with van der Waals surface area (Å²) in [6.07, 6.45) is 3.21. The predicted octanol–water partition coefficient (Wildman–Crippen LogP) is 1.61. The molecule has 3 amide bonds. The molecule has 0 unspecified atom stereocenters. The van der Waals surface area contributed by atoms with E-state index in [9.17, 15) is 14.4 Å². The van der Waals surface area contributed by atoms with Crippen molar-refractivity contribution in [2.45, 2.75) is 26.2 Å². The number of ether oxygens (including phenoxy) is 2. The minimum atomic E-state index is -0.995. The molecular weight excluding hydrogens is 288 g/mol. The molecule has 0 radical (unpaired) electrons. The average Bonchev–Trinajstić information content (AvgIpc) is 2.49. The molecule has 0 fully saturated rings. The minimum absolute atomic E-state index is 0.285. The van der Waals surface area contributed by atoms with Crippen molar-refractivity contribution in [3.8, 4) is 5.75 Å². The molecule has 0 aliphatic heterocycles. The van der Waals surface area contributed by atoms with E-state index < -0.39 is 24.5 Å². The van der Waals surface area contributed by atoms with Crippen LogP contribution in [0.2, 0.25) is 0 Å². The first kappa shape index (κ1) is 17.5. The number of hydrogen-bond acceptors (Lipinski definition) is 5. The summed E-state index contributed by atoms with van der Waals surface area (Å²) in [4.78, 5) is 33.2. The third-order valence-electron chi connectivity index (χ3n) is 2.70. The number of hydrogen-bond donors (Lipinski definition) is 2. The largest absolute Gasteiger partial charge is 0.494 e. The van der Waals surface area contributed by atoms with E-state index in [1.165, 1.54) is 0 Å². The van der Waals surface area contributed by atoms with Gasteiger partial charge in [0.15, 0.2) is 6.61 Å². The number of nitrogens with two attached hydrogens (primary N) is 1. The molecule has 7 heteroatoms. The Bertz CT molecular complexity index is 513. The Kier molecular flexibility index (Phi) is 7.45. The van der Waals surface area contributed by atoms with Crippen LogP contribution in [0.1, 0.15) is 36.5 Å². The van der Waals surface area contributed by atoms with Gasteiger partial charge in [0.25, 0.3) is 5.91 Å². The van der Waals surface area contributed by atoms with Crippen LogP contribution in [-0.4, -0.2) is 31.1 Å². The fourth-order valence-electron chi connectivity index (χ4n) is 1.62. The standard InChI is InChI=1S/C15H20N2O5/c1-2-3-4-9-21-12-7-5-11(6-8-12)14(19)22-10-13(18)17-15(16)20/h5-8H,2-4,9-10H2,1H3,(H3,16,17,18,20). The monoisotopic (exact) mass is 308 g/mol. The molecule has 0 bridgehead atoms. The van der Waals surface area contributed by atoms with Crippen LogP contribution in [0.5, 0.6) is 5.75 Å². The number of nitrogens with one attached hydrogen (secondary N) is 1. The molecule has 7 nitrogen and oxygen atoms in total. The summed E-state index contributed by atoms with van der Waals surface area (Å²) in [7, 11) is 0. The van der Waals surface area contributed by atoms with Crippen molar-refractivity contribution in [1.29, 1.82) is 0 Å². The topological polar surface area (TPSA) is 108 Å². The van der Waals surface area contributed by atoms with Gasteiger partial charge < -0.3 is 15.2 Å². The fourth-order valence-corrected chi connectivity index (χ4v) is 1.62. The first-order valence-electron chi connectivity index (χ1n) is 7.02. The highest BCUT2D eigenvalue weighted by atomic mass is 16.5. The number of urea groups is 1. The van der Waals surface area contributed by atoms with Gasteiger partial charge in [-0.25, -0.2) is 9.59 Å². The van der Waals surface area contributed by atoms with Gasteiger partial charge in [0.2, 0.25) is 0 Å². The van der Waals surface area contributed by atoms with Crippen molar-refractivity contribution in [2.24, 2.45) is 5.73 Å². The first-order chi connectivity index (χ1) is 10.5. The molecule has 0 atom stereocenters. The zero-order chi connectivity index (χ0) is 16.4. The molecule has 1 aromatic carbocycles. The van der Waals surface area contributed by atoms with Gasteiger partial charge in [0.05, 0.1) is 12.2 Å². The normalized spacial score (nSPS) is 9.86. The third-order valence-corrected chi connectivity index (χ3v) is 2.70. The number of rotatable bonds is 8.